The highest BCUT2D eigenvalue weighted by molar-refractivity contribution is 7.89. The van der Waals surface area contributed by atoms with E-state index < -0.39 is 28.0 Å². The molecule has 0 fully saturated rings. The van der Waals surface area contributed by atoms with Gasteiger partial charge in [-0.3, -0.25) is 9.10 Å². The Kier molecular flexibility index (Phi) is 6.37. The number of methoxy groups -OCH3 is 1. The van der Waals surface area contributed by atoms with Crippen LogP contribution in [0, 0.1) is 6.92 Å². The highest BCUT2D eigenvalue weighted by atomic mass is 32.2. The molecule has 36 heavy (non-hydrogen) atoms. The molecule has 0 radical (unpaired) electrons. The lowest BCUT2D eigenvalue weighted by Gasteiger charge is -2.33. The number of hydrogen-bond donors (Lipinski definition) is 0. The quantitative estimate of drug-likeness (QED) is 0.301. The van der Waals surface area contributed by atoms with Crippen molar-refractivity contribution in [3.05, 3.63) is 126 Å². The molecule has 0 bridgehead atoms. The first kappa shape index (κ1) is 23.8. The van der Waals surface area contributed by atoms with Crippen LogP contribution in [-0.4, -0.2) is 25.8 Å². The largest absolute Gasteiger partial charge is 0.468 e. The zero-order valence-electron chi connectivity index (χ0n) is 20.2. The Labute approximate surface area is 211 Å². The third-order valence-corrected chi connectivity index (χ3v) is 8.56. The number of hydrogen-bond acceptors (Lipinski definition) is 4. The first-order chi connectivity index (χ1) is 17.4. The van der Waals surface area contributed by atoms with E-state index in [2.05, 4.69) is 0 Å². The number of ether oxygens (including phenoxy) is 1. The van der Waals surface area contributed by atoms with Crippen LogP contribution >= 0.6 is 0 Å². The van der Waals surface area contributed by atoms with Crippen LogP contribution in [0.15, 0.2) is 114 Å². The minimum atomic E-state index is -4.01. The van der Waals surface area contributed by atoms with Crippen LogP contribution in [0.5, 0.6) is 0 Å². The van der Waals surface area contributed by atoms with E-state index in [1.165, 1.54) is 11.4 Å². The number of benzene rings is 4. The summed E-state index contributed by atoms with van der Waals surface area (Å²) in [6.07, 6.45) is 2.31. The van der Waals surface area contributed by atoms with E-state index in [0.717, 1.165) is 21.9 Å². The highest BCUT2D eigenvalue weighted by Gasteiger charge is 2.43. The molecule has 4 aromatic rings. The average molecular weight is 498 g/mol. The molecule has 1 aliphatic heterocycles. The van der Waals surface area contributed by atoms with Gasteiger partial charge in [-0.2, -0.15) is 0 Å². The Morgan fingerprint density at radius 2 is 1.56 bits per heavy atom. The third kappa shape index (κ3) is 4.18. The number of sulfonamides is 1. The topological polar surface area (TPSA) is 63.7 Å². The molecule has 2 atom stereocenters. The summed E-state index contributed by atoms with van der Waals surface area (Å²) in [4.78, 5) is 13.3. The summed E-state index contributed by atoms with van der Waals surface area (Å²) in [5, 5.41) is 2.02. The molecule has 0 spiro atoms. The first-order valence-corrected chi connectivity index (χ1v) is 13.3. The summed E-state index contributed by atoms with van der Waals surface area (Å²) in [6.45, 7) is 1.92. The molecule has 0 N–H and O–H groups in total. The van der Waals surface area contributed by atoms with Gasteiger partial charge in [-0.1, -0.05) is 96.6 Å². The summed E-state index contributed by atoms with van der Waals surface area (Å²) in [6, 6.07) is 29.4. The number of carbonyl (C=O) groups excluding carboxylic acids is 1. The van der Waals surface area contributed by atoms with Gasteiger partial charge in [0, 0.05) is 5.70 Å². The van der Waals surface area contributed by atoms with Gasteiger partial charge < -0.3 is 4.74 Å². The van der Waals surface area contributed by atoms with E-state index in [4.69, 9.17) is 4.74 Å². The maximum Gasteiger partial charge on any atom is 0.319 e. The standard InChI is InChI=1S/C30H27NO4S/c1-21-15-17-24(18-16-21)36(33,34)31-27(26-14-8-12-22-9-6-7-13-25(22)26)19-20-28(31)29(30(32)35-2)23-10-4-3-5-11-23/h3-18,20,27,29H,19H2,1-2H3/t27-,29-/m0/s1. The number of rotatable bonds is 6. The van der Waals surface area contributed by atoms with Crippen molar-refractivity contribution in [3.8, 4) is 0 Å². The third-order valence-electron chi connectivity index (χ3n) is 6.71. The molecule has 0 saturated heterocycles. The van der Waals surface area contributed by atoms with Crippen molar-refractivity contribution in [2.24, 2.45) is 0 Å². The molecular formula is C30H27NO4S. The van der Waals surface area contributed by atoms with Crippen LogP contribution in [-0.2, 0) is 19.6 Å². The zero-order chi connectivity index (χ0) is 25.3. The second-order valence-corrected chi connectivity index (χ2v) is 10.7. The van der Waals surface area contributed by atoms with Gasteiger partial charge in [0.15, 0.2) is 0 Å². The van der Waals surface area contributed by atoms with Gasteiger partial charge >= 0.3 is 5.97 Å². The molecule has 6 heteroatoms. The number of aryl methyl sites for hydroxylation is 1. The van der Waals surface area contributed by atoms with E-state index in [1.807, 2.05) is 85.8 Å². The number of fused-ring (bicyclic) bond motifs is 1. The molecule has 5 nitrogen and oxygen atoms in total. The van der Waals surface area contributed by atoms with Crippen LogP contribution in [0.3, 0.4) is 0 Å². The predicted octanol–water partition coefficient (Wildman–Crippen LogP) is 6.12. The molecule has 1 heterocycles. The normalized spacial score (nSPS) is 16.6. The fourth-order valence-corrected chi connectivity index (χ4v) is 6.66. The second kappa shape index (κ2) is 9.63. The Hall–Kier alpha value is -3.90. The molecular weight excluding hydrogens is 470 g/mol. The van der Waals surface area contributed by atoms with Gasteiger partial charge in [0.05, 0.1) is 18.0 Å². The minimum Gasteiger partial charge on any atom is -0.468 e. The number of carbonyl (C=O) groups is 1. The number of esters is 1. The Balaban J connectivity index is 1.71. The van der Waals surface area contributed by atoms with Crippen molar-refractivity contribution >= 4 is 26.8 Å². The molecule has 0 amide bonds. The van der Waals surface area contributed by atoms with E-state index >= 15 is 0 Å². The summed E-state index contributed by atoms with van der Waals surface area (Å²) in [5.41, 5.74) is 2.95. The van der Waals surface area contributed by atoms with Crippen molar-refractivity contribution in [3.63, 3.8) is 0 Å². The van der Waals surface area contributed by atoms with Gasteiger partial charge in [0.25, 0.3) is 10.0 Å². The first-order valence-electron chi connectivity index (χ1n) is 11.8. The van der Waals surface area contributed by atoms with Crippen molar-refractivity contribution in [2.45, 2.75) is 30.2 Å². The van der Waals surface area contributed by atoms with Gasteiger partial charge in [0.2, 0.25) is 0 Å². The van der Waals surface area contributed by atoms with Crippen molar-refractivity contribution in [1.82, 2.24) is 4.31 Å². The highest BCUT2D eigenvalue weighted by Crippen LogP contribution is 2.46. The monoisotopic (exact) mass is 497 g/mol. The van der Waals surface area contributed by atoms with E-state index in [-0.39, 0.29) is 4.90 Å². The molecule has 4 aromatic carbocycles. The fraction of sp³-hybridized carbons (Fsp3) is 0.167. The van der Waals surface area contributed by atoms with E-state index in [1.54, 1.807) is 24.3 Å². The second-order valence-electron chi connectivity index (χ2n) is 8.93. The van der Waals surface area contributed by atoms with Crippen LogP contribution in [0.4, 0.5) is 0 Å². The summed E-state index contributed by atoms with van der Waals surface area (Å²) < 4.78 is 35.1. The minimum absolute atomic E-state index is 0.183. The summed E-state index contributed by atoms with van der Waals surface area (Å²) in [5.74, 6) is -1.38. The molecule has 0 aromatic heterocycles. The summed E-state index contributed by atoms with van der Waals surface area (Å²) >= 11 is 0. The zero-order valence-corrected chi connectivity index (χ0v) is 21.0. The van der Waals surface area contributed by atoms with Crippen molar-refractivity contribution < 1.29 is 17.9 Å². The Morgan fingerprint density at radius 1 is 0.889 bits per heavy atom. The lowest BCUT2D eigenvalue weighted by molar-refractivity contribution is -0.141. The fourth-order valence-electron chi connectivity index (χ4n) is 4.96. The maximum absolute atomic E-state index is 14.3. The van der Waals surface area contributed by atoms with Crippen LogP contribution < -0.4 is 0 Å². The Bertz CT molecular complexity index is 1540. The van der Waals surface area contributed by atoms with Crippen LogP contribution in [0.2, 0.25) is 0 Å². The molecule has 0 saturated carbocycles. The van der Waals surface area contributed by atoms with Crippen LogP contribution in [0.25, 0.3) is 10.8 Å². The van der Waals surface area contributed by atoms with Crippen molar-refractivity contribution in [1.29, 1.82) is 0 Å². The van der Waals surface area contributed by atoms with E-state index in [0.29, 0.717) is 17.7 Å². The van der Waals surface area contributed by atoms with Gasteiger partial charge in [-0.25, -0.2) is 8.42 Å². The lowest BCUT2D eigenvalue weighted by Crippen LogP contribution is -2.35. The average Bonchev–Trinajstić information content (AvgIpc) is 3.34. The summed E-state index contributed by atoms with van der Waals surface area (Å²) in [7, 11) is -2.68. The SMILES string of the molecule is COC(=O)[C@H](C1=CC[C@@H](c2cccc3ccccc23)N1S(=O)(=O)c1ccc(C)cc1)c1ccccc1. The predicted molar refractivity (Wildman–Crippen MR) is 141 cm³/mol. The number of nitrogens with zero attached hydrogens (tertiary/aromatic N) is 1. The molecule has 0 unspecified atom stereocenters. The van der Waals surface area contributed by atoms with Gasteiger partial charge in [-0.05, 0) is 47.4 Å². The van der Waals surface area contributed by atoms with Crippen LogP contribution in [0.1, 0.15) is 35.1 Å². The van der Waals surface area contributed by atoms with Crippen molar-refractivity contribution in [2.75, 3.05) is 7.11 Å². The lowest BCUT2D eigenvalue weighted by atomic mass is 9.96. The molecule has 5 rings (SSSR count). The molecule has 0 aliphatic carbocycles. The molecule has 182 valence electrons. The Morgan fingerprint density at radius 3 is 2.28 bits per heavy atom. The maximum atomic E-state index is 14.3. The van der Waals surface area contributed by atoms with Gasteiger partial charge in [0.1, 0.15) is 5.92 Å². The molecule has 1 aliphatic rings. The van der Waals surface area contributed by atoms with Gasteiger partial charge in [-0.15, -0.1) is 0 Å². The smallest absolute Gasteiger partial charge is 0.319 e. The van der Waals surface area contributed by atoms with E-state index in [9.17, 15) is 13.2 Å².